The molecule has 0 aromatic rings. The van der Waals surface area contributed by atoms with E-state index in [9.17, 15) is 4.79 Å². The quantitative estimate of drug-likeness (QED) is 0.387. The second kappa shape index (κ2) is 2.11. The molecule has 3 aliphatic rings. The fraction of sp³-hybridized carbons (Fsp3) is 0.875. The van der Waals surface area contributed by atoms with E-state index in [4.69, 9.17) is 16.3 Å². The van der Waals surface area contributed by atoms with Crippen molar-refractivity contribution in [1.82, 2.24) is 0 Å². The lowest BCUT2D eigenvalue weighted by Gasteiger charge is -2.24. The number of fused-ring (bicyclic) bond motifs is 1. The zero-order chi connectivity index (χ0) is 8.51. The molecule has 0 N–H and O–H groups in total. The van der Waals surface area contributed by atoms with Crippen molar-refractivity contribution in [3.05, 3.63) is 0 Å². The molecule has 0 amide bonds. The molecular formula is C8H8ClIO2. The molecule has 2 saturated carbocycles. The number of rotatable bonds is 0. The van der Waals surface area contributed by atoms with E-state index in [-0.39, 0.29) is 12.1 Å². The summed E-state index contributed by atoms with van der Waals surface area (Å²) in [6, 6.07) is 0. The van der Waals surface area contributed by atoms with Gasteiger partial charge in [-0.05, 0) is 18.8 Å². The zero-order valence-electron chi connectivity index (χ0n) is 6.30. The van der Waals surface area contributed by atoms with E-state index in [0.29, 0.717) is 15.8 Å². The Morgan fingerprint density at radius 2 is 2.42 bits per heavy atom. The van der Waals surface area contributed by atoms with Gasteiger partial charge in [0.05, 0.1) is 3.92 Å². The first-order valence-electron chi connectivity index (χ1n) is 4.17. The minimum absolute atomic E-state index is 0.120. The van der Waals surface area contributed by atoms with E-state index < -0.39 is 4.87 Å². The molecule has 2 bridgehead atoms. The van der Waals surface area contributed by atoms with Crippen molar-refractivity contribution in [3.8, 4) is 0 Å². The third-order valence-corrected chi connectivity index (χ3v) is 5.76. The monoisotopic (exact) mass is 298 g/mol. The van der Waals surface area contributed by atoms with Crippen LogP contribution in [0, 0.1) is 11.8 Å². The molecule has 0 aromatic carbocycles. The summed E-state index contributed by atoms with van der Waals surface area (Å²) in [5.41, 5.74) is 0. The summed E-state index contributed by atoms with van der Waals surface area (Å²) < 4.78 is 5.78. The molecule has 1 aliphatic heterocycles. The highest BCUT2D eigenvalue weighted by Crippen LogP contribution is 2.61. The van der Waals surface area contributed by atoms with Crippen molar-refractivity contribution in [3.63, 3.8) is 0 Å². The Hall–Kier alpha value is 0.490. The average molecular weight is 299 g/mol. The van der Waals surface area contributed by atoms with Gasteiger partial charge in [0.25, 0.3) is 0 Å². The van der Waals surface area contributed by atoms with Gasteiger partial charge in [-0.25, -0.2) is 0 Å². The Bertz CT molecular complexity index is 270. The molecule has 3 rings (SSSR count). The van der Waals surface area contributed by atoms with Gasteiger partial charge in [-0.3, -0.25) is 4.79 Å². The van der Waals surface area contributed by atoms with Crippen molar-refractivity contribution in [1.29, 1.82) is 0 Å². The van der Waals surface area contributed by atoms with Crippen molar-refractivity contribution in [2.24, 2.45) is 11.8 Å². The normalized spacial score (nSPS) is 61.0. The molecule has 0 aromatic heterocycles. The van der Waals surface area contributed by atoms with Crippen molar-refractivity contribution in [2.45, 2.75) is 27.7 Å². The molecule has 4 heteroatoms. The number of hydrogen-bond acceptors (Lipinski definition) is 2. The topological polar surface area (TPSA) is 26.3 Å². The van der Waals surface area contributed by atoms with Crippen LogP contribution in [0.4, 0.5) is 0 Å². The van der Waals surface area contributed by atoms with Gasteiger partial charge in [0.1, 0.15) is 11.0 Å². The van der Waals surface area contributed by atoms with Crippen LogP contribution >= 0.6 is 34.2 Å². The smallest absolute Gasteiger partial charge is 0.327 e. The first-order valence-corrected chi connectivity index (χ1v) is 5.79. The third-order valence-electron chi connectivity index (χ3n) is 3.45. The number of halogens is 2. The molecular weight excluding hydrogens is 290 g/mol. The van der Waals surface area contributed by atoms with Crippen LogP contribution in [0.25, 0.3) is 0 Å². The van der Waals surface area contributed by atoms with Crippen LogP contribution in [-0.2, 0) is 9.53 Å². The Morgan fingerprint density at radius 3 is 3.00 bits per heavy atom. The van der Waals surface area contributed by atoms with Gasteiger partial charge in [-0.2, -0.15) is 0 Å². The van der Waals surface area contributed by atoms with E-state index in [0.717, 1.165) is 12.8 Å². The summed E-state index contributed by atoms with van der Waals surface area (Å²) in [6.07, 6.45) is 2.05. The highest BCUT2D eigenvalue weighted by atomic mass is 127. The molecule has 5 unspecified atom stereocenters. The summed E-state index contributed by atoms with van der Waals surface area (Å²) in [5, 5.41) is 0. The highest BCUT2D eigenvalue weighted by Gasteiger charge is 2.69. The first kappa shape index (κ1) is 7.85. The Labute approximate surface area is 89.1 Å². The molecule has 3 fully saturated rings. The third kappa shape index (κ3) is 0.672. The number of alkyl halides is 2. The van der Waals surface area contributed by atoms with Crippen LogP contribution in [-0.4, -0.2) is 20.9 Å². The Balaban J connectivity index is 2.09. The van der Waals surface area contributed by atoms with Gasteiger partial charge in [-0.1, -0.05) is 22.6 Å². The molecule has 1 heterocycles. The minimum Gasteiger partial charge on any atom is -0.460 e. The van der Waals surface area contributed by atoms with E-state index >= 15 is 0 Å². The molecule has 0 radical (unpaired) electrons. The lowest BCUT2D eigenvalue weighted by Crippen LogP contribution is -2.36. The van der Waals surface area contributed by atoms with Crippen LogP contribution in [0.3, 0.4) is 0 Å². The number of ether oxygens (including phenoxy) is 1. The molecule has 12 heavy (non-hydrogen) atoms. The van der Waals surface area contributed by atoms with E-state index in [1.54, 1.807) is 0 Å². The van der Waals surface area contributed by atoms with Crippen LogP contribution in [0.15, 0.2) is 0 Å². The van der Waals surface area contributed by atoms with Gasteiger partial charge < -0.3 is 4.74 Å². The summed E-state index contributed by atoms with van der Waals surface area (Å²) in [4.78, 5) is 10.8. The van der Waals surface area contributed by atoms with Crippen molar-refractivity contribution in [2.75, 3.05) is 0 Å². The predicted molar refractivity (Wildman–Crippen MR) is 52.5 cm³/mol. The number of carbonyl (C=O) groups excluding carboxylic acids is 1. The van der Waals surface area contributed by atoms with Gasteiger partial charge >= 0.3 is 5.97 Å². The SMILES string of the molecule is O=C1OC2C(I)C3CC2C1(Cl)C3. The number of carbonyl (C=O) groups is 1. The van der Waals surface area contributed by atoms with Gasteiger partial charge in [0.15, 0.2) is 0 Å². The molecule has 1 saturated heterocycles. The standard InChI is InChI=1S/C8H8ClIO2/c9-8-2-3-1-4(8)6(5(3)10)12-7(8)11/h3-6H,1-2H2. The van der Waals surface area contributed by atoms with Crippen LogP contribution in [0.5, 0.6) is 0 Å². The Morgan fingerprint density at radius 1 is 1.67 bits per heavy atom. The maximum Gasteiger partial charge on any atom is 0.327 e. The zero-order valence-corrected chi connectivity index (χ0v) is 9.21. The van der Waals surface area contributed by atoms with Gasteiger partial charge in [-0.15, -0.1) is 11.6 Å². The van der Waals surface area contributed by atoms with E-state index in [2.05, 4.69) is 22.6 Å². The largest absolute Gasteiger partial charge is 0.460 e. The van der Waals surface area contributed by atoms with Gasteiger partial charge in [0.2, 0.25) is 0 Å². The molecule has 66 valence electrons. The average Bonchev–Trinajstić information content (AvgIpc) is 2.53. The lowest BCUT2D eigenvalue weighted by molar-refractivity contribution is -0.142. The van der Waals surface area contributed by atoms with E-state index in [1.165, 1.54) is 0 Å². The van der Waals surface area contributed by atoms with Crippen molar-refractivity contribution < 1.29 is 9.53 Å². The van der Waals surface area contributed by atoms with Crippen LogP contribution in [0.1, 0.15) is 12.8 Å². The summed E-state index contributed by atoms with van der Waals surface area (Å²) in [6.45, 7) is 0. The first-order chi connectivity index (χ1) is 5.63. The predicted octanol–water partition coefficient (Wildman–Crippen LogP) is 1.73. The second-order valence-corrected chi connectivity index (χ2v) is 6.10. The molecule has 2 aliphatic carbocycles. The molecule has 2 nitrogen and oxygen atoms in total. The highest BCUT2D eigenvalue weighted by molar-refractivity contribution is 14.1. The lowest BCUT2D eigenvalue weighted by atomic mass is 9.89. The van der Waals surface area contributed by atoms with Gasteiger partial charge in [0, 0.05) is 5.92 Å². The maximum atomic E-state index is 11.4. The van der Waals surface area contributed by atoms with E-state index in [1.807, 2.05) is 0 Å². The number of esters is 1. The Kier molecular flexibility index (Phi) is 1.38. The molecule has 0 spiro atoms. The maximum absolute atomic E-state index is 11.4. The fourth-order valence-corrected chi connectivity index (χ4v) is 4.51. The fourth-order valence-electron chi connectivity index (χ4n) is 2.86. The summed E-state index contributed by atoms with van der Waals surface area (Å²) in [5.74, 6) is 0.754. The second-order valence-electron chi connectivity index (χ2n) is 3.98. The summed E-state index contributed by atoms with van der Waals surface area (Å²) in [7, 11) is 0. The molecule has 5 atom stereocenters. The van der Waals surface area contributed by atoms with Crippen LogP contribution in [0.2, 0.25) is 0 Å². The minimum atomic E-state index is -0.628. The summed E-state index contributed by atoms with van der Waals surface area (Å²) >= 11 is 8.63. The van der Waals surface area contributed by atoms with Crippen LogP contribution < -0.4 is 0 Å². The van der Waals surface area contributed by atoms with Crippen molar-refractivity contribution >= 4 is 40.2 Å². The number of hydrogen-bond donors (Lipinski definition) is 0.